The van der Waals surface area contributed by atoms with Crippen LogP contribution in [0.2, 0.25) is 0 Å². The van der Waals surface area contributed by atoms with Gasteiger partial charge in [0, 0.05) is 12.6 Å². The third-order valence-electron chi connectivity index (χ3n) is 4.70. The summed E-state index contributed by atoms with van der Waals surface area (Å²) in [5.74, 6) is -4.66. The number of amides is 1. The van der Waals surface area contributed by atoms with Gasteiger partial charge in [0.25, 0.3) is 5.92 Å². The number of alkyl halides is 2. The second-order valence-electron chi connectivity index (χ2n) is 7.07. The molecule has 1 unspecified atom stereocenters. The maximum Gasteiger partial charge on any atom is 0.495 e. The Labute approximate surface area is 133 Å². The summed E-state index contributed by atoms with van der Waals surface area (Å²) >= 11 is 0. The van der Waals surface area contributed by atoms with Gasteiger partial charge < -0.3 is 14.6 Å². The molecule has 1 aliphatic heterocycles. The molecule has 1 saturated carbocycles. The number of carbonyl (C=O) groups is 1. The summed E-state index contributed by atoms with van der Waals surface area (Å²) < 4.78 is 37.7. The van der Waals surface area contributed by atoms with Crippen molar-refractivity contribution in [3.05, 3.63) is 18.3 Å². The van der Waals surface area contributed by atoms with Crippen LogP contribution < -0.4 is 10.8 Å². The summed E-state index contributed by atoms with van der Waals surface area (Å²) in [6.45, 7) is 7.75. The molecule has 23 heavy (non-hydrogen) atoms. The molecule has 1 N–H and O–H groups in total. The summed E-state index contributed by atoms with van der Waals surface area (Å²) in [4.78, 5) is 15.7. The Kier molecular flexibility index (Phi) is 3.53. The highest BCUT2D eigenvalue weighted by molar-refractivity contribution is 6.62. The van der Waals surface area contributed by atoms with Crippen LogP contribution in [0.5, 0.6) is 0 Å². The molecule has 1 amide bonds. The molecule has 1 aliphatic carbocycles. The number of nitrogens with zero attached hydrogens (tertiary/aromatic N) is 1. The summed E-state index contributed by atoms with van der Waals surface area (Å²) in [5.41, 5.74) is -0.294. The molecule has 0 radical (unpaired) electrons. The summed E-state index contributed by atoms with van der Waals surface area (Å²) in [5, 5.41) is 2.42. The van der Waals surface area contributed by atoms with Crippen molar-refractivity contribution in [2.75, 3.05) is 5.32 Å². The molecule has 1 aromatic rings. The Morgan fingerprint density at radius 2 is 1.87 bits per heavy atom. The van der Waals surface area contributed by atoms with E-state index in [9.17, 15) is 13.6 Å². The minimum absolute atomic E-state index is 0.213. The molecule has 2 heterocycles. The Bertz CT molecular complexity index is 635. The predicted molar refractivity (Wildman–Crippen MR) is 81.6 cm³/mol. The van der Waals surface area contributed by atoms with Gasteiger partial charge in [-0.3, -0.25) is 4.79 Å². The maximum atomic E-state index is 12.9. The Morgan fingerprint density at radius 3 is 2.39 bits per heavy atom. The lowest BCUT2D eigenvalue weighted by atomic mass is 9.80. The van der Waals surface area contributed by atoms with Crippen LogP contribution in [0.15, 0.2) is 18.3 Å². The van der Waals surface area contributed by atoms with Gasteiger partial charge in [-0.1, -0.05) is 0 Å². The van der Waals surface area contributed by atoms with E-state index in [0.717, 1.165) is 0 Å². The maximum absolute atomic E-state index is 12.9. The van der Waals surface area contributed by atoms with Gasteiger partial charge >= 0.3 is 7.12 Å². The van der Waals surface area contributed by atoms with Crippen LogP contribution >= 0.6 is 0 Å². The second-order valence-corrected chi connectivity index (χ2v) is 7.07. The van der Waals surface area contributed by atoms with Crippen molar-refractivity contribution in [1.29, 1.82) is 0 Å². The van der Waals surface area contributed by atoms with Crippen LogP contribution in [0, 0.1) is 5.92 Å². The topological polar surface area (TPSA) is 60.5 Å². The fraction of sp³-hybridized carbons (Fsp3) is 0.600. The number of rotatable bonds is 3. The quantitative estimate of drug-likeness (QED) is 0.864. The number of carbonyl (C=O) groups excluding carboxylic acids is 1. The van der Waals surface area contributed by atoms with E-state index in [1.54, 1.807) is 12.1 Å². The van der Waals surface area contributed by atoms with Gasteiger partial charge in [-0.15, -0.1) is 0 Å². The highest BCUT2D eigenvalue weighted by Crippen LogP contribution is 2.49. The first-order chi connectivity index (χ1) is 10.5. The van der Waals surface area contributed by atoms with E-state index < -0.39 is 42.5 Å². The lowest BCUT2D eigenvalue weighted by Gasteiger charge is -2.32. The van der Waals surface area contributed by atoms with E-state index in [4.69, 9.17) is 9.31 Å². The van der Waals surface area contributed by atoms with Gasteiger partial charge in [-0.05, 0) is 45.3 Å². The normalized spacial score (nSPS) is 26.9. The van der Waals surface area contributed by atoms with Crippen molar-refractivity contribution in [2.45, 2.75) is 51.2 Å². The van der Waals surface area contributed by atoms with Gasteiger partial charge in [0.1, 0.15) is 11.7 Å². The number of halogens is 2. The molecule has 3 rings (SSSR count). The van der Waals surface area contributed by atoms with Gasteiger partial charge in [0.2, 0.25) is 5.91 Å². The van der Waals surface area contributed by atoms with Crippen molar-refractivity contribution < 1.29 is 22.9 Å². The van der Waals surface area contributed by atoms with E-state index >= 15 is 0 Å². The number of hydrogen-bond acceptors (Lipinski definition) is 4. The lowest BCUT2D eigenvalue weighted by Crippen LogP contribution is -2.41. The van der Waals surface area contributed by atoms with E-state index in [1.807, 2.05) is 27.7 Å². The molecule has 8 heteroatoms. The largest absolute Gasteiger partial charge is 0.495 e. The summed E-state index contributed by atoms with van der Waals surface area (Å²) in [7, 11) is -0.596. The van der Waals surface area contributed by atoms with Crippen molar-refractivity contribution in [3.8, 4) is 0 Å². The van der Waals surface area contributed by atoms with Gasteiger partial charge in [0.05, 0.1) is 11.2 Å². The molecular formula is C15H19BF2N2O3. The zero-order chi connectivity index (χ0) is 17.0. The molecule has 5 nitrogen and oxygen atoms in total. The number of anilines is 1. The molecule has 1 atom stereocenters. The molecule has 1 saturated heterocycles. The standard InChI is InChI=1S/C15H19BF2N2O3/c1-13(2)14(3,4)23-16(22-13)9-5-6-19-11(7-9)20-12(21)10-8-15(10,17)18/h5-7,10H,8H2,1-4H3,(H,19,20,21). The smallest absolute Gasteiger partial charge is 0.399 e. The Morgan fingerprint density at radius 1 is 1.30 bits per heavy atom. The number of pyridine rings is 1. The van der Waals surface area contributed by atoms with Crippen LogP contribution in [0.3, 0.4) is 0 Å². The van der Waals surface area contributed by atoms with Gasteiger partial charge in [-0.25, -0.2) is 13.8 Å². The fourth-order valence-electron chi connectivity index (χ4n) is 2.35. The Balaban J connectivity index is 1.73. The molecule has 0 bridgehead atoms. The fourth-order valence-corrected chi connectivity index (χ4v) is 2.35. The highest BCUT2D eigenvalue weighted by Gasteiger charge is 2.61. The molecule has 1 aromatic heterocycles. The van der Waals surface area contributed by atoms with Crippen molar-refractivity contribution >= 4 is 24.3 Å². The summed E-state index contributed by atoms with van der Waals surface area (Å²) in [6, 6.07) is 3.30. The molecule has 2 fully saturated rings. The van der Waals surface area contributed by atoms with E-state index in [2.05, 4.69) is 10.3 Å². The first-order valence-corrected chi connectivity index (χ1v) is 7.52. The molecule has 0 spiro atoms. The van der Waals surface area contributed by atoms with Crippen LogP contribution in [0.1, 0.15) is 34.1 Å². The third-order valence-corrected chi connectivity index (χ3v) is 4.70. The van der Waals surface area contributed by atoms with Gasteiger partial charge in [0.15, 0.2) is 0 Å². The van der Waals surface area contributed by atoms with Crippen molar-refractivity contribution in [1.82, 2.24) is 4.98 Å². The summed E-state index contributed by atoms with van der Waals surface area (Å²) in [6.07, 6.45) is 1.08. The molecular weight excluding hydrogens is 305 g/mol. The van der Waals surface area contributed by atoms with Crippen LogP contribution in [-0.4, -0.2) is 35.1 Å². The highest BCUT2D eigenvalue weighted by atomic mass is 19.3. The van der Waals surface area contributed by atoms with Gasteiger partial charge in [-0.2, -0.15) is 0 Å². The second kappa shape index (κ2) is 4.98. The molecule has 124 valence electrons. The number of nitrogens with one attached hydrogen (secondary N) is 1. The first kappa shape index (κ1) is 16.3. The van der Waals surface area contributed by atoms with Crippen LogP contribution in [0.25, 0.3) is 0 Å². The monoisotopic (exact) mass is 324 g/mol. The SMILES string of the molecule is CC1(C)OB(c2ccnc(NC(=O)C3CC3(F)F)c2)OC1(C)C. The zero-order valence-electron chi connectivity index (χ0n) is 13.5. The minimum Gasteiger partial charge on any atom is -0.399 e. The van der Waals surface area contributed by atoms with Crippen molar-refractivity contribution in [2.24, 2.45) is 5.92 Å². The third kappa shape index (κ3) is 2.97. The van der Waals surface area contributed by atoms with Crippen LogP contribution in [-0.2, 0) is 14.1 Å². The van der Waals surface area contributed by atoms with E-state index in [1.165, 1.54) is 6.20 Å². The average Bonchev–Trinajstić information content (AvgIpc) is 2.99. The van der Waals surface area contributed by atoms with Crippen molar-refractivity contribution in [3.63, 3.8) is 0 Å². The predicted octanol–water partition coefficient (Wildman–Crippen LogP) is 1.97. The number of aromatic nitrogens is 1. The Hall–Kier alpha value is -1.54. The zero-order valence-corrected chi connectivity index (χ0v) is 13.5. The molecule has 0 aromatic carbocycles. The van der Waals surface area contributed by atoms with E-state index in [-0.39, 0.29) is 5.82 Å². The van der Waals surface area contributed by atoms with Crippen LogP contribution in [0.4, 0.5) is 14.6 Å². The van der Waals surface area contributed by atoms with E-state index in [0.29, 0.717) is 5.46 Å². The average molecular weight is 324 g/mol. The number of hydrogen-bond donors (Lipinski definition) is 1. The lowest BCUT2D eigenvalue weighted by molar-refractivity contribution is -0.119. The molecule has 2 aliphatic rings. The minimum atomic E-state index is -2.90. The first-order valence-electron chi connectivity index (χ1n) is 7.52.